The van der Waals surface area contributed by atoms with E-state index < -0.39 is 11.5 Å². The lowest BCUT2D eigenvalue weighted by atomic mass is 10.1. The number of ether oxygens (including phenoxy) is 2. The molecule has 30 heavy (non-hydrogen) atoms. The van der Waals surface area contributed by atoms with Crippen molar-refractivity contribution >= 4 is 22.7 Å². The molecule has 5 rings (SSSR count). The summed E-state index contributed by atoms with van der Waals surface area (Å²) in [6.45, 7) is 1.02. The quantitative estimate of drug-likeness (QED) is 0.525. The van der Waals surface area contributed by atoms with Gasteiger partial charge in [0.05, 0.1) is 5.69 Å². The third-order valence-electron chi connectivity index (χ3n) is 4.71. The van der Waals surface area contributed by atoms with Crippen LogP contribution >= 0.6 is 0 Å². The monoisotopic (exact) mass is 400 g/mol. The van der Waals surface area contributed by atoms with Crippen LogP contribution in [0.25, 0.3) is 22.2 Å². The largest absolute Gasteiger partial charge is 0.486 e. The van der Waals surface area contributed by atoms with Crippen LogP contribution in [0.4, 0.5) is 5.82 Å². The van der Waals surface area contributed by atoms with E-state index in [1.165, 1.54) is 6.07 Å². The van der Waals surface area contributed by atoms with E-state index >= 15 is 0 Å². The number of carbonyl (C=O) groups is 1. The van der Waals surface area contributed by atoms with Crippen molar-refractivity contribution in [1.82, 2.24) is 4.98 Å². The molecule has 7 nitrogen and oxygen atoms in total. The van der Waals surface area contributed by atoms with Gasteiger partial charge in [0.2, 0.25) is 0 Å². The summed E-state index contributed by atoms with van der Waals surface area (Å²) in [5.74, 6) is 1.09. The highest BCUT2D eigenvalue weighted by Gasteiger charge is 2.16. The van der Waals surface area contributed by atoms with E-state index in [0.717, 1.165) is 5.56 Å². The van der Waals surface area contributed by atoms with Crippen LogP contribution in [-0.2, 0) is 0 Å². The van der Waals surface area contributed by atoms with E-state index in [1.807, 2.05) is 30.3 Å². The van der Waals surface area contributed by atoms with Crippen molar-refractivity contribution in [2.45, 2.75) is 0 Å². The molecule has 4 aromatic rings. The summed E-state index contributed by atoms with van der Waals surface area (Å²) in [5.41, 5.74) is 1.11. The number of para-hydroxylation sites is 1. The molecule has 0 saturated carbocycles. The Bertz CT molecular complexity index is 1330. The fourth-order valence-corrected chi connectivity index (χ4v) is 3.27. The van der Waals surface area contributed by atoms with Crippen molar-refractivity contribution in [2.24, 2.45) is 0 Å². The van der Waals surface area contributed by atoms with Gasteiger partial charge in [0.25, 0.3) is 5.91 Å². The number of benzene rings is 2. The molecule has 1 aliphatic heterocycles. The Morgan fingerprint density at radius 1 is 0.900 bits per heavy atom. The topological polar surface area (TPSA) is 90.7 Å². The van der Waals surface area contributed by atoms with Crippen LogP contribution in [0.5, 0.6) is 11.5 Å². The van der Waals surface area contributed by atoms with Gasteiger partial charge >= 0.3 is 5.63 Å². The Balaban J connectivity index is 1.43. The number of amides is 1. The lowest BCUT2D eigenvalue weighted by Crippen LogP contribution is -2.21. The minimum Gasteiger partial charge on any atom is -0.486 e. The number of aromatic nitrogens is 1. The maximum atomic E-state index is 12.7. The van der Waals surface area contributed by atoms with E-state index in [2.05, 4.69) is 10.3 Å². The van der Waals surface area contributed by atoms with Gasteiger partial charge in [-0.3, -0.25) is 4.79 Å². The normalized spacial score (nSPS) is 12.5. The third kappa shape index (κ3) is 3.37. The van der Waals surface area contributed by atoms with Gasteiger partial charge < -0.3 is 19.2 Å². The second kappa shape index (κ2) is 7.36. The molecule has 0 bridgehead atoms. The van der Waals surface area contributed by atoms with Crippen LogP contribution in [0.3, 0.4) is 0 Å². The number of hydrogen-bond donors (Lipinski definition) is 1. The van der Waals surface area contributed by atoms with Crippen molar-refractivity contribution in [2.75, 3.05) is 18.5 Å². The van der Waals surface area contributed by atoms with E-state index in [4.69, 9.17) is 13.9 Å². The summed E-state index contributed by atoms with van der Waals surface area (Å²) in [5, 5.41) is 3.34. The second-order valence-corrected chi connectivity index (χ2v) is 6.71. The zero-order valence-corrected chi connectivity index (χ0v) is 15.8. The Labute approximate surface area is 170 Å². The smallest absolute Gasteiger partial charge is 0.349 e. The molecule has 0 saturated heterocycles. The minimum atomic E-state index is -0.700. The van der Waals surface area contributed by atoms with Crippen LogP contribution < -0.4 is 20.4 Å². The molecule has 0 aliphatic carbocycles. The molecule has 148 valence electrons. The van der Waals surface area contributed by atoms with Gasteiger partial charge in [-0.2, -0.15) is 0 Å². The molecule has 1 N–H and O–H groups in total. The first kappa shape index (κ1) is 17.9. The molecule has 2 aromatic heterocycles. The Morgan fingerprint density at radius 3 is 2.63 bits per heavy atom. The highest BCUT2D eigenvalue weighted by molar-refractivity contribution is 6.05. The molecule has 0 fully saturated rings. The number of anilines is 1. The molecule has 7 heteroatoms. The van der Waals surface area contributed by atoms with Crippen molar-refractivity contribution in [3.05, 3.63) is 82.7 Å². The predicted molar refractivity (Wildman–Crippen MR) is 111 cm³/mol. The van der Waals surface area contributed by atoms with E-state index in [0.29, 0.717) is 47.2 Å². The van der Waals surface area contributed by atoms with Gasteiger partial charge in [-0.05, 0) is 42.5 Å². The lowest BCUT2D eigenvalue weighted by molar-refractivity contribution is 0.102. The van der Waals surface area contributed by atoms with Gasteiger partial charge in [-0.1, -0.05) is 24.3 Å². The number of pyridine rings is 1. The maximum absolute atomic E-state index is 12.7. The van der Waals surface area contributed by atoms with Crippen LogP contribution in [-0.4, -0.2) is 24.1 Å². The molecule has 0 unspecified atom stereocenters. The molecular weight excluding hydrogens is 384 g/mol. The van der Waals surface area contributed by atoms with E-state index in [9.17, 15) is 9.59 Å². The molecule has 1 amide bonds. The first-order valence-corrected chi connectivity index (χ1v) is 9.39. The van der Waals surface area contributed by atoms with Gasteiger partial charge in [0.1, 0.15) is 30.2 Å². The lowest BCUT2D eigenvalue weighted by Gasteiger charge is -2.18. The second-order valence-electron chi connectivity index (χ2n) is 6.71. The Hall–Kier alpha value is -4.13. The first-order chi connectivity index (χ1) is 14.7. The number of rotatable bonds is 3. The van der Waals surface area contributed by atoms with Gasteiger partial charge in [0, 0.05) is 10.9 Å². The molecule has 0 atom stereocenters. The van der Waals surface area contributed by atoms with Crippen molar-refractivity contribution < 1.29 is 18.7 Å². The summed E-state index contributed by atoms with van der Waals surface area (Å²) in [7, 11) is 0. The SMILES string of the molecule is O=C(Nc1cccc(-c2ccc3c(c2)OCCO3)n1)c1cc2ccccc2oc1=O. The van der Waals surface area contributed by atoms with Crippen molar-refractivity contribution in [3.63, 3.8) is 0 Å². The summed E-state index contributed by atoms with van der Waals surface area (Å²) in [6, 6.07) is 19.3. The highest BCUT2D eigenvalue weighted by atomic mass is 16.6. The average molecular weight is 400 g/mol. The molecule has 0 radical (unpaired) electrons. The van der Waals surface area contributed by atoms with Gasteiger partial charge in [-0.15, -0.1) is 0 Å². The molecule has 2 aromatic carbocycles. The molecule has 3 heterocycles. The minimum absolute atomic E-state index is 0.0831. The highest BCUT2D eigenvalue weighted by Crippen LogP contribution is 2.34. The van der Waals surface area contributed by atoms with E-state index in [1.54, 1.807) is 30.3 Å². The first-order valence-electron chi connectivity index (χ1n) is 9.39. The Morgan fingerprint density at radius 2 is 1.73 bits per heavy atom. The zero-order chi connectivity index (χ0) is 20.5. The zero-order valence-electron chi connectivity index (χ0n) is 15.8. The summed E-state index contributed by atoms with van der Waals surface area (Å²) in [6.07, 6.45) is 0. The molecule has 1 aliphatic rings. The number of hydrogen-bond acceptors (Lipinski definition) is 6. The van der Waals surface area contributed by atoms with Crippen LogP contribution in [0.15, 0.2) is 75.9 Å². The fraction of sp³-hybridized carbons (Fsp3) is 0.0870. The third-order valence-corrected chi connectivity index (χ3v) is 4.71. The molecular formula is C23H16N2O5. The number of carbonyl (C=O) groups excluding carboxylic acids is 1. The predicted octanol–water partition coefficient (Wildman–Crippen LogP) is 3.88. The van der Waals surface area contributed by atoms with Crippen LogP contribution in [0, 0.1) is 0 Å². The summed E-state index contributed by atoms with van der Waals surface area (Å²) in [4.78, 5) is 29.4. The van der Waals surface area contributed by atoms with Crippen LogP contribution in [0.2, 0.25) is 0 Å². The van der Waals surface area contributed by atoms with E-state index in [-0.39, 0.29) is 5.56 Å². The van der Waals surface area contributed by atoms with Crippen molar-refractivity contribution in [3.8, 4) is 22.8 Å². The average Bonchev–Trinajstić information content (AvgIpc) is 2.78. The van der Waals surface area contributed by atoms with Crippen LogP contribution in [0.1, 0.15) is 10.4 Å². The molecule has 0 spiro atoms. The van der Waals surface area contributed by atoms with Gasteiger partial charge in [-0.25, -0.2) is 9.78 Å². The summed E-state index contributed by atoms with van der Waals surface area (Å²) < 4.78 is 16.4. The summed E-state index contributed by atoms with van der Waals surface area (Å²) >= 11 is 0. The van der Waals surface area contributed by atoms with Gasteiger partial charge in [0.15, 0.2) is 11.5 Å². The standard InChI is InChI=1S/C23H16N2O5/c26-22(16-12-15-4-1-2-6-18(15)30-23(16)27)25-21-7-3-5-17(24-21)14-8-9-19-20(13-14)29-11-10-28-19/h1-9,12-13H,10-11H2,(H,24,25,26). The number of fused-ring (bicyclic) bond motifs is 2. The number of nitrogens with one attached hydrogen (secondary N) is 1. The Kier molecular flexibility index (Phi) is 4.40. The maximum Gasteiger partial charge on any atom is 0.349 e. The van der Waals surface area contributed by atoms with Crippen molar-refractivity contribution in [1.29, 1.82) is 0 Å². The fourth-order valence-electron chi connectivity index (χ4n) is 3.27. The number of nitrogens with zero attached hydrogens (tertiary/aromatic N) is 1.